The third-order valence-electron chi connectivity index (χ3n) is 9.63. The first-order valence-electron chi connectivity index (χ1n) is 14.3. The lowest BCUT2D eigenvalue weighted by atomic mass is 9.68. The molecule has 2 aliphatic carbocycles. The van der Waals surface area contributed by atoms with Gasteiger partial charge in [0, 0.05) is 31.1 Å². The molecule has 7 atom stereocenters. The molecule has 3 fully saturated rings. The maximum atomic E-state index is 14.0. The largest absolute Gasteiger partial charge is 0.489 e. The highest BCUT2D eigenvalue weighted by atomic mass is 79.9. The first-order chi connectivity index (χ1) is 20.8. The average molecular weight is 694 g/mol. The van der Waals surface area contributed by atoms with Gasteiger partial charge in [0.05, 0.1) is 22.5 Å². The van der Waals surface area contributed by atoms with E-state index in [2.05, 4.69) is 52.1 Å². The van der Waals surface area contributed by atoms with Crippen LogP contribution < -0.4 is 14.5 Å². The van der Waals surface area contributed by atoms with Crippen molar-refractivity contribution in [2.24, 2.45) is 29.6 Å². The minimum Gasteiger partial charge on any atom is -0.489 e. The number of halogens is 2. The van der Waals surface area contributed by atoms with Crippen molar-refractivity contribution in [1.82, 2.24) is 4.98 Å². The second-order valence-electron chi connectivity index (χ2n) is 11.9. The van der Waals surface area contributed by atoms with Crippen LogP contribution in [0.15, 0.2) is 81.0 Å². The summed E-state index contributed by atoms with van der Waals surface area (Å²) in [5.74, 6) is -0.304. The third-order valence-corrected chi connectivity index (χ3v) is 13.0. The number of ether oxygens (including phenoxy) is 1. The molecule has 0 spiro atoms. The van der Waals surface area contributed by atoms with E-state index >= 15 is 0 Å². The fourth-order valence-corrected chi connectivity index (χ4v) is 11.3. The van der Waals surface area contributed by atoms with Crippen LogP contribution in [0.4, 0.5) is 5.69 Å². The average Bonchev–Trinajstić information content (AvgIpc) is 3.73. The Morgan fingerprint density at radius 1 is 0.977 bits per heavy atom. The van der Waals surface area contributed by atoms with Crippen molar-refractivity contribution in [1.29, 1.82) is 0 Å². The van der Waals surface area contributed by atoms with Gasteiger partial charge in [-0.3, -0.25) is 19.3 Å². The fraction of sp³-hybridized carbons (Fsp3) is 0.303. The summed E-state index contributed by atoms with van der Waals surface area (Å²) in [6, 6.07) is 21.3. The van der Waals surface area contributed by atoms with Gasteiger partial charge in [-0.15, -0.1) is 11.8 Å². The molecule has 2 aliphatic heterocycles. The van der Waals surface area contributed by atoms with Gasteiger partial charge in [0.2, 0.25) is 11.8 Å². The molecular formula is C33H26BrClN2O4S2. The Hall–Kier alpha value is -2.85. The molecule has 4 aliphatic rings. The minimum atomic E-state index is -0.376. The molecule has 2 bridgehead atoms. The zero-order valence-corrected chi connectivity index (χ0v) is 26.9. The Bertz CT molecular complexity index is 1840. The molecule has 3 heterocycles. The summed E-state index contributed by atoms with van der Waals surface area (Å²) < 4.78 is 7.34. The molecule has 2 amide bonds. The molecule has 8 rings (SSSR count). The summed E-state index contributed by atoms with van der Waals surface area (Å²) in [5, 5.41) is 1.53. The maximum absolute atomic E-state index is 14.0. The lowest BCUT2D eigenvalue weighted by Crippen LogP contribution is -2.42. The van der Waals surface area contributed by atoms with E-state index in [0.29, 0.717) is 17.3 Å². The van der Waals surface area contributed by atoms with Crippen LogP contribution in [0.3, 0.4) is 0 Å². The normalized spacial score (nSPS) is 28.6. The number of anilines is 1. The number of carbonyl (C=O) groups excluding carboxylic acids is 2. The number of nitrogens with one attached hydrogen (secondary N) is 1. The fourth-order valence-electron chi connectivity index (χ4n) is 7.95. The quantitative estimate of drug-likeness (QED) is 0.220. The predicted octanol–water partition coefficient (Wildman–Crippen LogP) is 7.42. The smallest absolute Gasteiger partial charge is 0.305 e. The van der Waals surface area contributed by atoms with Crippen molar-refractivity contribution >= 4 is 68.1 Å². The number of nitrogens with zero attached hydrogens (tertiary/aromatic N) is 1. The Kier molecular flexibility index (Phi) is 6.67. The van der Waals surface area contributed by atoms with Crippen molar-refractivity contribution in [3.63, 3.8) is 0 Å². The topological polar surface area (TPSA) is 79.5 Å². The molecule has 2 saturated carbocycles. The number of hydrogen-bond acceptors (Lipinski definition) is 6. The van der Waals surface area contributed by atoms with Gasteiger partial charge in [-0.2, -0.15) is 0 Å². The van der Waals surface area contributed by atoms with Crippen molar-refractivity contribution in [2.75, 3.05) is 4.90 Å². The van der Waals surface area contributed by atoms with E-state index in [4.69, 9.17) is 16.3 Å². The first kappa shape index (κ1) is 27.7. The third kappa shape index (κ3) is 4.37. The Balaban J connectivity index is 1.20. The van der Waals surface area contributed by atoms with E-state index in [1.165, 1.54) is 21.8 Å². The monoisotopic (exact) mass is 692 g/mol. The van der Waals surface area contributed by atoms with E-state index in [1.54, 1.807) is 11.8 Å². The Morgan fingerprint density at radius 2 is 1.70 bits per heavy atom. The van der Waals surface area contributed by atoms with Crippen LogP contribution in [0.5, 0.6) is 5.75 Å². The highest BCUT2D eigenvalue weighted by molar-refractivity contribution is 9.10. The zero-order chi connectivity index (χ0) is 29.6. The molecule has 6 nitrogen and oxygen atoms in total. The summed E-state index contributed by atoms with van der Waals surface area (Å²) in [6.45, 7) is 2.45. The SMILES string of the molecule is Cc1ccc(COc2ccc(Cl)cc2[C@H]2c3sc(=O)[nH]c3SC3C4CC(C5C(=O)N(c6ccc(Br)cc6)C(=O)C45)C32)cc1. The van der Waals surface area contributed by atoms with Crippen LogP contribution in [0, 0.1) is 36.5 Å². The van der Waals surface area contributed by atoms with E-state index in [-0.39, 0.29) is 57.4 Å². The predicted molar refractivity (Wildman–Crippen MR) is 172 cm³/mol. The number of carbonyl (C=O) groups is 2. The standard InChI is InChI=1S/C33H26BrClN2O4S2/c1-15-2-4-16(5-3-15)14-41-23-11-8-18(35)12-20(23)24-25-21-13-22(28(25)42-30-29(24)43-33(40)36-30)27-26(21)31(38)37(32(27)39)19-9-6-17(34)7-10-19/h2-12,21-22,24-28H,13-14H2,1H3,(H,36,40)/t21?,22?,24-,25?,26?,27?,28?/m1/s1. The van der Waals surface area contributed by atoms with E-state index in [1.807, 2.05) is 42.5 Å². The zero-order valence-electron chi connectivity index (χ0n) is 23.0. The minimum absolute atomic E-state index is 0.00341. The lowest BCUT2D eigenvalue weighted by molar-refractivity contribution is -0.123. The number of thiazole rings is 1. The van der Waals surface area contributed by atoms with Crippen molar-refractivity contribution in [3.8, 4) is 5.75 Å². The molecular weight excluding hydrogens is 668 g/mol. The van der Waals surface area contributed by atoms with E-state index < -0.39 is 0 Å². The number of aryl methyl sites for hydroxylation is 1. The van der Waals surface area contributed by atoms with E-state index in [9.17, 15) is 14.4 Å². The van der Waals surface area contributed by atoms with Crippen LogP contribution in [0.2, 0.25) is 5.02 Å². The van der Waals surface area contributed by atoms with Crippen LogP contribution in [0.1, 0.15) is 33.9 Å². The van der Waals surface area contributed by atoms with Crippen LogP contribution in [-0.2, 0) is 16.2 Å². The second-order valence-corrected chi connectivity index (χ2v) is 15.5. The van der Waals surface area contributed by atoms with Gasteiger partial charge < -0.3 is 9.72 Å². The number of H-pyrrole nitrogens is 1. The summed E-state index contributed by atoms with van der Waals surface area (Å²) >= 11 is 13.0. The summed E-state index contributed by atoms with van der Waals surface area (Å²) in [6.07, 6.45) is 0.819. The molecule has 3 aromatic carbocycles. The molecule has 43 heavy (non-hydrogen) atoms. The lowest BCUT2D eigenvalue weighted by Gasteiger charge is -2.43. The first-order valence-corrected chi connectivity index (χ1v) is 17.2. The van der Waals surface area contributed by atoms with Crippen LogP contribution in [0.25, 0.3) is 0 Å². The number of rotatable bonds is 5. The van der Waals surface area contributed by atoms with Crippen LogP contribution in [-0.4, -0.2) is 22.0 Å². The Morgan fingerprint density at radius 3 is 2.44 bits per heavy atom. The van der Waals surface area contributed by atoms with Gasteiger partial charge in [0.25, 0.3) is 0 Å². The number of amides is 2. The van der Waals surface area contributed by atoms with Crippen molar-refractivity contribution in [2.45, 2.75) is 36.1 Å². The number of hydrogen-bond donors (Lipinski definition) is 1. The van der Waals surface area contributed by atoms with Gasteiger partial charge in [0.1, 0.15) is 12.4 Å². The van der Waals surface area contributed by atoms with Gasteiger partial charge in [0.15, 0.2) is 0 Å². The molecule has 10 heteroatoms. The molecule has 6 unspecified atom stereocenters. The van der Waals surface area contributed by atoms with Crippen molar-refractivity contribution < 1.29 is 14.3 Å². The number of fused-ring (bicyclic) bond motifs is 9. The Labute approximate surface area is 269 Å². The maximum Gasteiger partial charge on any atom is 0.305 e. The number of thioether (sulfide) groups is 1. The van der Waals surface area contributed by atoms with Gasteiger partial charge in [-0.1, -0.05) is 68.7 Å². The summed E-state index contributed by atoms with van der Waals surface area (Å²) in [5.41, 5.74) is 3.78. The number of imide groups is 1. The van der Waals surface area contributed by atoms with Gasteiger partial charge in [-0.25, -0.2) is 0 Å². The number of aromatic nitrogens is 1. The molecule has 4 aromatic rings. The molecule has 0 radical (unpaired) electrons. The van der Waals surface area contributed by atoms with E-state index in [0.717, 1.165) is 37.7 Å². The highest BCUT2D eigenvalue weighted by Crippen LogP contribution is 2.69. The van der Waals surface area contributed by atoms with Gasteiger partial charge >= 0.3 is 4.87 Å². The molecule has 1 N–H and O–H groups in total. The number of benzene rings is 3. The van der Waals surface area contributed by atoms with Gasteiger partial charge in [-0.05, 0) is 79.1 Å². The molecule has 1 saturated heterocycles. The second kappa shape index (κ2) is 10.4. The molecule has 218 valence electrons. The highest BCUT2D eigenvalue weighted by Gasteiger charge is 2.69. The summed E-state index contributed by atoms with van der Waals surface area (Å²) in [4.78, 5) is 46.0. The molecule has 1 aromatic heterocycles. The summed E-state index contributed by atoms with van der Waals surface area (Å²) in [7, 11) is 0. The van der Waals surface area contributed by atoms with Crippen molar-refractivity contribution in [3.05, 3.63) is 107 Å². The van der Waals surface area contributed by atoms with Crippen LogP contribution >= 0.6 is 50.6 Å². The number of aromatic amines is 1.